The van der Waals surface area contributed by atoms with Crippen molar-refractivity contribution in [1.82, 2.24) is 10.6 Å². The fourth-order valence-corrected chi connectivity index (χ4v) is 3.32. The van der Waals surface area contributed by atoms with Crippen molar-refractivity contribution in [1.29, 1.82) is 0 Å². The van der Waals surface area contributed by atoms with Crippen LogP contribution >= 0.6 is 23.2 Å². The SMILES string of the molecule is O=C1CCC(NC2CCOc3c(Cl)cc(Cl)cc32)CN1. The van der Waals surface area contributed by atoms with Crippen LogP contribution in [0.4, 0.5) is 0 Å². The van der Waals surface area contributed by atoms with Gasteiger partial charge in [-0.3, -0.25) is 4.79 Å². The van der Waals surface area contributed by atoms with Crippen molar-refractivity contribution >= 4 is 29.1 Å². The Labute approximate surface area is 127 Å². The lowest BCUT2D eigenvalue weighted by molar-refractivity contribution is -0.122. The van der Waals surface area contributed by atoms with Crippen molar-refractivity contribution in [3.8, 4) is 5.75 Å². The highest BCUT2D eigenvalue weighted by Crippen LogP contribution is 2.40. The van der Waals surface area contributed by atoms with E-state index in [2.05, 4.69) is 10.6 Å². The Kier molecular flexibility index (Phi) is 4.06. The topological polar surface area (TPSA) is 50.4 Å². The zero-order valence-corrected chi connectivity index (χ0v) is 12.4. The molecule has 2 atom stereocenters. The van der Waals surface area contributed by atoms with E-state index >= 15 is 0 Å². The van der Waals surface area contributed by atoms with E-state index in [4.69, 9.17) is 27.9 Å². The molecule has 2 aliphatic heterocycles. The van der Waals surface area contributed by atoms with Crippen LogP contribution < -0.4 is 15.4 Å². The fourth-order valence-electron chi connectivity index (χ4n) is 2.76. The van der Waals surface area contributed by atoms with Crippen molar-refractivity contribution in [2.24, 2.45) is 0 Å². The molecule has 1 amide bonds. The first-order valence-electron chi connectivity index (χ1n) is 6.78. The molecule has 3 rings (SSSR count). The van der Waals surface area contributed by atoms with Gasteiger partial charge in [0.25, 0.3) is 0 Å². The van der Waals surface area contributed by atoms with Crippen LogP contribution in [0.5, 0.6) is 5.75 Å². The molecule has 0 radical (unpaired) electrons. The monoisotopic (exact) mass is 314 g/mol. The standard InChI is InChI=1S/C14H16Cl2N2O2/c15-8-5-10-12(3-4-20-14(10)11(16)6-8)18-9-1-2-13(19)17-7-9/h5-6,9,12,18H,1-4,7H2,(H,17,19). The number of carbonyl (C=O) groups excluding carboxylic acids is 1. The van der Waals surface area contributed by atoms with Gasteiger partial charge in [0.05, 0.1) is 11.6 Å². The number of benzene rings is 1. The smallest absolute Gasteiger partial charge is 0.220 e. The summed E-state index contributed by atoms with van der Waals surface area (Å²) in [6, 6.07) is 4.04. The highest BCUT2D eigenvalue weighted by molar-refractivity contribution is 6.35. The lowest BCUT2D eigenvalue weighted by Crippen LogP contribution is -2.47. The first-order valence-corrected chi connectivity index (χ1v) is 7.53. The Morgan fingerprint density at radius 1 is 1.30 bits per heavy atom. The van der Waals surface area contributed by atoms with Crippen molar-refractivity contribution < 1.29 is 9.53 Å². The molecule has 20 heavy (non-hydrogen) atoms. The maximum Gasteiger partial charge on any atom is 0.220 e. The van der Waals surface area contributed by atoms with Gasteiger partial charge in [0, 0.05) is 42.1 Å². The number of halogens is 2. The number of hydrogen-bond acceptors (Lipinski definition) is 3. The van der Waals surface area contributed by atoms with Gasteiger partial charge in [-0.25, -0.2) is 0 Å². The number of hydrogen-bond donors (Lipinski definition) is 2. The van der Waals surface area contributed by atoms with Crippen LogP contribution in [0, 0.1) is 0 Å². The van der Waals surface area contributed by atoms with Crippen LogP contribution in [0.3, 0.4) is 0 Å². The molecule has 2 N–H and O–H groups in total. The molecule has 0 aromatic heterocycles. The van der Waals surface area contributed by atoms with Crippen LogP contribution in [0.1, 0.15) is 30.9 Å². The molecular weight excluding hydrogens is 299 g/mol. The van der Waals surface area contributed by atoms with Gasteiger partial charge in [0.2, 0.25) is 5.91 Å². The van der Waals surface area contributed by atoms with Crippen LogP contribution in [-0.4, -0.2) is 25.1 Å². The van der Waals surface area contributed by atoms with Crippen LogP contribution in [0.15, 0.2) is 12.1 Å². The largest absolute Gasteiger partial charge is 0.492 e. The first kappa shape index (κ1) is 14.0. The Balaban J connectivity index is 1.78. The maximum absolute atomic E-state index is 11.2. The molecule has 2 aliphatic rings. The van der Waals surface area contributed by atoms with Crippen molar-refractivity contribution in [3.63, 3.8) is 0 Å². The van der Waals surface area contributed by atoms with Gasteiger partial charge in [0.15, 0.2) is 0 Å². The molecule has 6 heteroatoms. The summed E-state index contributed by atoms with van der Waals surface area (Å²) in [5.41, 5.74) is 1.01. The van der Waals surface area contributed by atoms with Crippen LogP contribution in [0.2, 0.25) is 10.0 Å². The summed E-state index contributed by atoms with van der Waals surface area (Å²) in [5.74, 6) is 0.848. The minimum Gasteiger partial charge on any atom is -0.492 e. The molecule has 0 aliphatic carbocycles. The van der Waals surface area contributed by atoms with Gasteiger partial charge >= 0.3 is 0 Å². The normalized spacial score (nSPS) is 25.6. The van der Waals surface area contributed by atoms with Gasteiger partial charge < -0.3 is 15.4 Å². The quantitative estimate of drug-likeness (QED) is 0.882. The number of fused-ring (bicyclic) bond motifs is 1. The highest BCUT2D eigenvalue weighted by atomic mass is 35.5. The zero-order valence-electron chi connectivity index (χ0n) is 10.9. The van der Waals surface area contributed by atoms with Crippen molar-refractivity contribution in [2.75, 3.05) is 13.2 Å². The van der Waals surface area contributed by atoms with E-state index in [1.54, 1.807) is 6.07 Å². The lowest BCUT2D eigenvalue weighted by atomic mass is 9.97. The molecule has 2 heterocycles. The van der Waals surface area contributed by atoms with E-state index in [0.717, 1.165) is 24.2 Å². The van der Waals surface area contributed by atoms with E-state index in [1.165, 1.54) is 0 Å². The third kappa shape index (κ3) is 2.87. The molecular formula is C14H16Cl2N2O2. The highest BCUT2D eigenvalue weighted by Gasteiger charge is 2.27. The third-order valence-electron chi connectivity index (χ3n) is 3.77. The minimum atomic E-state index is 0.126. The maximum atomic E-state index is 11.2. The van der Waals surface area contributed by atoms with Crippen molar-refractivity contribution in [2.45, 2.75) is 31.3 Å². The minimum absolute atomic E-state index is 0.126. The fraction of sp³-hybridized carbons (Fsp3) is 0.500. The molecule has 1 aromatic rings. The van der Waals surface area contributed by atoms with E-state index < -0.39 is 0 Å². The third-order valence-corrected chi connectivity index (χ3v) is 4.27. The summed E-state index contributed by atoms with van der Waals surface area (Å²) in [6.07, 6.45) is 2.30. The number of piperidine rings is 1. The Hall–Kier alpha value is -0.970. The predicted molar refractivity (Wildman–Crippen MR) is 78.5 cm³/mol. The van der Waals surface area contributed by atoms with Crippen molar-refractivity contribution in [3.05, 3.63) is 27.7 Å². The second-order valence-corrected chi connectivity index (χ2v) is 6.05. The van der Waals surface area contributed by atoms with Gasteiger partial charge in [-0.2, -0.15) is 0 Å². The summed E-state index contributed by atoms with van der Waals surface area (Å²) in [6.45, 7) is 1.30. The molecule has 1 fully saturated rings. The lowest BCUT2D eigenvalue weighted by Gasteiger charge is -2.32. The average Bonchev–Trinajstić information content (AvgIpc) is 2.42. The van der Waals surface area contributed by atoms with E-state index in [1.807, 2.05) is 6.07 Å². The Morgan fingerprint density at radius 3 is 2.90 bits per heavy atom. The number of rotatable bonds is 2. The van der Waals surface area contributed by atoms with E-state index in [0.29, 0.717) is 29.6 Å². The van der Waals surface area contributed by atoms with Gasteiger partial charge in [-0.1, -0.05) is 23.2 Å². The first-order chi connectivity index (χ1) is 9.63. The summed E-state index contributed by atoms with van der Waals surface area (Å²) < 4.78 is 5.65. The zero-order chi connectivity index (χ0) is 14.1. The summed E-state index contributed by atoms with van der Waals surface area (Å²) >= 11 is 12.3. The molecule has 1 aromatic carbocycles. The van der Waals surface area contributed by atoms with Gasteiger partial charge in [-0.05, 0) is 18.6 Å². The average molecular weight is 315 g/mol. The second kappa shape index (κ2) is 5.80. The number of ether oxygens (including phenoxy) is 1. The molecule has 4 nitrogen and oxygen atoms in total. The summed E-state index contributed by atoms with van der Waals surface area (Å²) in [5, 5.41) is 7.63. The molecule has 2 unspecified atom stereocenters. The number of nitrogens with one attached hydrogen (secondary N) is 2. The van der Waals surface area contributed by atoms with Crippen LogP contribution in [0.25, 0.3) is 0 Å². The molecule has 1 saturated heterocycles. The molecule has 0 spiro atoms. The number of amides is 1. The van der Waals surface area contributed by atoms with Gasteiger partial charge in [0.1, 0.15) is 5.75 Å². The summed E-state index contributed by atoms with van der Waals surface area (Å²) in [7, 11) is 0. The van der Waals surface area contributed by atoms with Crippen LogP contribution in [-0.2, 0) is 4.79 Å². The molecule has 108 valence electrons. The molecule has 0 saturated carbocycles. The second-order valence-electron chi connectivity index (χ2n) is 5.20. The van der Waals surface area contributed by atoms with E-state index in [9.17, 15) is 4.79 Å². The Bertz CT molecular complexity index is 526. The Morgan fingerprint density at radius 2 is 2.15 bits per heavy atom. The van der Waals surface area contributed by atoms with Gasteiger partial charge in [-0.15, -0.1) is 0 Å². The predicted octanol–water partition coefficient (Wildman–Crippen LogP) is 2.69. The number of carbonyl (C=O) groups is 1. The van der Waals surface area contributed by atoms with E-state index in [-0.39, 0.29) is 18.0 Å². The molecule has 0 bridgehead atoms. The summed E-state index contributed by atoms with van der Waals surface area (Å²) in [4.78, 5) is 11.2.